The third-order valence-corrected chi connectivity index (χ3v) is 5.89. The standard InChI is InChI=1S/C19H16Cl2N6S/c1-25-16-6-10(4-5-26-16)18-13(8-22)17(19(28-18)15(9-23)27-24)12-3-2-11(20)7-14(12)21/h2-7,9,27H,23-24H2,1H3,(H,25,26)/b15-9-. The summed E-state index contributed by atoms with van der Waals surface area (Å²) in [6.07, 6.45) is 3.03. The van der Waals surface area contributed by atoms with Crippen LogP contribution in [0.15, 0.2) is 42.7 Å². The minimum absolute atomic E-state index is 0.425. The summed E-state index contributed by atoms with van der Waals surface area (Å²) < 4.78 is 0. The number of nitriles is 1. The molecule has 0 amide bonds. The van der Waals surface area contributed by atoms with E-state index < -0.39 is 0 Å². The van der Waals surface area contributed by atoms with Crippen molar-refractivity contribution in [1.82, 2.24) is 10.4 Å². The van der Waals surface area contributed by atoms with Crippen molar-refractivity contribution in [1.29, 1.82) is 5.26 Å². The van der Waals surface area contributed by atoms with Gasteiger partial charge >= 0.3 is 0 Å². The molecular weight excluding hydrogens is 415 g/mol. The summed E-state index contributed by atoms with van der Waals surface area (Å²) in [6.45, 7) is 0. The summed E-state index contributed by atoms with van der Waals surface area (Å²) in [5.74, 6) is 6.35. The first-order valence-corrected chi connectivity index (χ1v) is 9.66. The van der Waals surface area contributed by atoms with Crippen molar-refractivity contribution in [2.45, 2.75) is 0 Å². The molecule has 0 aliphatic rings. The molecule has 142 valence electrons. The van der Waals surface area contributed by atoms with Crippen LogP contribution in [0.2, 0.25) is 10.0 Å². The Hall–Kier alpha value is -2.76. The van der Waals surface area contributed by atoms with Crippen molar-refractivity contribution < 1.29 is 0 Å². The van der Waals surface area contributed by atoms with E-state index in [4.69, 9.17) is 34.8 Å². The van der Waals surface area contributed by atoms with Crippen LogP contribution in [0.3, 0.4) is 0 Å². The van der Waals surface area contributed by atoms with Gasteiger partial charge in [-0.05, 0) is 29.8 Å². The lowest BCUT2D eigenvalue weighted by molar-refractivity contribution is 0.993. The highest BCUT2D eigenvalue weighted by molar-refractivity contribution is 7.17. The number of halogens is 2. The minimum atomic E-state index is 0.425. The molecule has 9 heteroatoms. The molecule has 0 aliphatic carbocycles. The van der Waals surface area contributed by atoms with Crippen molar-refractivity contribution in [3.05, 3.63) is 63.2 Å². The number of nitrogens with zero attached hydrogens (tertiary/aromatic N) is 2. The predicted octanol–water partition coefficient (Wildman–Crippen LogP) is 4.42. The zero-order valence-corrected chi connectivity index (χ0v) is 17.1. The van der Waals surface area contributed by atoms with Gasteiger partial charge in [0.05, 0.1) is 21.0 Å². The largest absolute Gasteiger partial charge is 0.403 e. The van der Waals surface area contributed by atoms with E-state index in [0.717, 1.165) is 10.4 Å². The second-order valence-corrected chi connectivity index (χ2v) is 7.51. The highest BCUT2D eigenvalue weighted by atomic mass is 35.5. The smallest absolute Gasteiger partial charge is 0.126 e. The maximum absolute atomic E-state index is 9.99. The van der Waals surface area contributed by atoms with E-state index in [2.05, 4.69) is 21.8 Å². The number of nitrogens with one attached hydrogen (secondary N) is 2. The first-order valence-electron chi connectivity index (χ1n) is 8.09. The summed E-state index contributed by atoms with van der Waals surface area (Å²) in [4.78, 5) is 5.68. The van der Waals surface area contributed by atoms with Crippen molar-refractivity contribution in [2.24, 2.45) is 11.6 Å². The quantitative estimate of drug-likeness (QED) is 0.352. The number of pyridine rings is 1. The Labute approximate surface area is 176 Å². The molecule has 2 aromatic heterocycles. The Balaban J connectivity index is 2.36. The number of hydrazine groups is 1. The fourth-order valence-corrected chi connectivity index (χ4v) is 4.53. The summed E-state index contributed by atoms with van der Waals surface area (Å²) in [6, 6.07) is 11.1. The van der Waals surface area contributed by atoms with Gasteiger partial charge in [-0.1, -0.05) is 29.3 Å². The lowest BCUT2D eigenvalue weighted by Crippen LogP contribution is -2.20. The lowest BCUT2D eigenvalue weighted by Gasteiger charge is -2.10. The summed E-state index contributed by atoms with van der Waals surface area (Å²) in [5.41, 5.74) is 11.4. The van der Waals surface area contributed by atoms with E-state index in [9.17, 15) is 5.26 Å². The van der Waals surface area contributed by atoms with Gasteiger partial charge in [-0.2, -0.15) is 5.26 Å². The molecular formula is C19H16Cl2N6S. The van der Waals surface area contributed by atoms with Gasteiger partial charge in [0.25, 0.3) is 0 Å². The van der Waals surface area contributed by atoms with Crippen LogP contribution in [-0.4, -0.2) is 12.0 Å². The van der Waals surface area contributed by atoms with Gasteiger partial charge in [-0.3, -0.25) is 5.84 Å². The van der Waals surface area contributed by atoms with Crippen molar-refractivity contribution in [3.63, 3.8) is 0 Å². The van der Waals surface area contributed by atoms with Gasteiger partial charge in [-0.25, -0.2) is 4.98 Å². The number of nitrogens with two attached hydrogens (primary N) is 2. The second-order valence-electron chi connectivity index (χ2n) is 5.65. The van der Waals surface area contributed by atoms with Crippen LogP contribution in [0.25, 0.3) is 27.3 Å². The predicted molar refractivity (Wildman–Crippen MR) is 117 cm³/mol. The average Bonchev–Trinajstić information content (AvgIpc) is 3.08. The highest BCUT2D eigenvalue weighted by Crippen LogP contribution is 2.46. The Morgan fingerprint density at radius 2 is 2.07 bits per heavy atom. The average molecular weight is 431 g/mol. The van der Waals surface area contributed by atoms with Crippen LogP contribution in [0.4, 0.5) is 5.82 Å². The fourth-order valence-electron chi connectivity index (χ4n) is 2.78. The van der Waals surface area contributed by atoms with Gasteiger partial charge in [0.1, 0.15) is 11.9 Å². The Bertz CT molecular complexity index is 1100. The van der Waals surface area contributed by atoms with Crippen molar-refractivity contribution >= 4 is 46.1 Å². The first-order chi connectivity index (χ1) is 13.5. The molecule has 1 aromatic carbocycles. The zero-order chi connectivity index (χ0) is 20.3. The number of rotatable bonds is 5. The highest BCUT2D eigenvalue weighted by Gasteiger charge is 2.24. The Kier molecular flexibility index (Phi) is 6.07. The Morgan fingerprint density at radius 1 is 1.29 bits per heavy atom. The normalized spacial score (nSPS) is 11.2. The summed E-state index contributed by atoms with van der Waals surface area (Å²) in [5, 5.41) is 13.9. The third kappa shape index (κ3) is 3.63. The van der Waals surface area contributed by atoms with Crippen LogP contribution in [-0.2, 0) is 0 Å². The molecule has 0 saturated carbocycles. The van der Waals surface area contributed by atoms with Crippen molar-refractivity contribution in [2.75, 3.05) is 12.4 Å². The fraction of sp³-hybridized carbons (Fsp3) is 0.0526. The van der Waals surface area contributed by atoms with Gasteiger partial charge < -0.3 is 16.5 Å². The molecule has 0 atom stereocenters. The molecule has 2 heterocycles. The maximum atomic E-state index is 9.99. The van der Waals surface area contributed by atoms with Crippen LogP contribution in [0, 0.1) is 11.3 Å². The van der Waals surface area contributed by atoms with Gasteiger partial charge in [0.2, 0.25) is 0 Å². The number of thiophene rings is 1. The second kappa shape index (κ2) is 8.50. The van der Waals surface area contributed by atoms with Gasteiger partial charge in [0.15, 0.2) is 0 Å². The van der Waals surface area contributed by atoms with Crippen LogP contribution >= 0.6 is 34.5 Å². The molecule has 6 nitrogen and oxygen atoms in total. The molecule has 0 unspecified atom stereocenters. The molecule has 0 spiro atoms. The summed E-state index contributed by atoms with van der Waals surface area (Å²) >= 11 is 13.9. The Morgan fingerprint density at radius 3 is 2.68 bits per heavy atom. The van der Waals surface area contributed by atoms with E-state index in [0.29, 0.717) is 43.1 Å². The van der Waals surface area contributed by atoms with Gasteiger partial charge in [-0.15, -0.1) is 11.3 Å². The molecule has 0 bridgehead atoms. The molecule has 0 aliphatic heterocycles. The monoisotopic (exact) mass is 430 g/mol. The molecule has 3 rings (SSSR count). The minimum Gasteiger partial charge on any atom is -0.403 e. The van der Waals surface area contributed by atoms with Gasteiger partial charge in [0, 0.05) is 40.6 Å². The van der Waals surface area contributed by atoms with Crippen LogP contribution in [0.5, 0.6) is 0 Å². The topological polar surface area (TPSA) is 113 Å². The van der Waals surface area contributed by atoms with E-state index in [1.165, 1.54) is 17.5 Å². The van der Waals surface area contributed by atoms with E-state index in [1.807, 2.05) is 12.1 Å². The molecule has 28 heavy (non-hydrogen) atoms. The molecule has 3 aromatic rings. The van der Waals surface area contributed by atoms with E-state index in [-0.39, 0.29) is 0 Å². The molecule has 0 saturated heterocycles. The van der Waals surface area contributed by atoms with E-state index >= 15 is 0 Å². The zero-order valence-electron chi connectivity index (χ0n) is 14.8. The molecule has 0 fully saturated rings. The number of aromatic nitrogens is 1. The lowest BCUT2D eigenvalue weighted by atomic mass is 9.98. The first kappa shape index (κ1) is 20.0. The molecule has 6 N–H and O–H groups in total. The summed E-state index contributed by atoms with van der Waals surface area (Å²) in [7, 11) is 1.78. The van der Waals surface area contributed by atoms with Crippen LogP contribution in [0.1, 0.15) is 10.4 Å². The number of anilines is 1. The van der Waals surface area contributed by atoms with Crippen molar-refractivity contribution in [3.8, 4) is 27.6 Å². The number of hydrogen-bond acceptors (Lipinski definition) is 7. The van der Waals surface area contributed by atoms with Crippen LogP contribution < -0.4 is 22.3 Å². The number of benzene rings is 1. The molecule has 0 radical (unpaired) electrons. The SMILES string of the molecule is CNc1cc(-c2sc(/C(=C/N)NN)c(-c3ccc(Cl)cc3Cl)c2C#N)ccn1. The third-order valence-electron chi connectivity index (χ3n) is 4.07. The number of hydrogen-bond donors (Lipinski definition) is 4. The maximum Gasteiger partial charge on any atom is 0.126 e. The van der Waals surface area contributed by atoms with E-state index in [1.54, 1.807) is 31.4 Å².